The zero-order chi connectivity index (χ0) is 20.1. The number of nitrogens with one attached hydrogen (secondary N) is 1. The largest absolute Gasteiger partial charge is 0.448 e. The van der Waals surface area contributed by atoms with Gasteiger partial charge in [-0.25, -0.2) is 9.78 Å². The van der Waals surface area contributed by atoms with E-state index in [4.69, 9.17) is 27.9 Å². The van der Waals surface area contributed by atoms with Gasteiger partial charge in [0.1, 0.15) is 5.15 Å². The lowest BCUT2D eigenvalue weighted by Crippen LogP contribution is -2.30. The molecule has 28 heavy (non-hydrogen) atoms. The second-order valence-corrected chi connectivity index (χ2v) is 6.71. The molecule has 142 valence electrons. The van der Waals surface area contributed by atoms with Crippen LogP contribution in [0.1, 0.15) is 17.4 Å². The van der Waals surface area contributed by atoms with E-state index in [0.717, 1.165) is 11.1 Å². The first kappa shape index (κ1) is 19.9. The van der Waals surface area contributed by atoms with Crippen molar-refractivity contribution in [3.8, 4) is 11.1 Å². The van der Waals surface area contributed by atoms with E-state index in [2.05, 4.69) is 10.3 Å². The number of amides is 1. The van der Waals surface area contributed by atoms with E-state index in [1.165, 1.54) is 19.1 Å². The first-order valence-corrected chi connectivity index (χ1v) is 9.19. The summed E-state index contributed by atoms with van der Waals surface area (Å²) in [5.41, 5.74) is 2.28. The maximum atomic E-state index is 12.5. The van der Waals surface area contributed by atoms with Crippen molar-refractivity contribution in [2.45, 2.75) is 13.0 Å². The van der Waals surface area contributed by atoms with E-state index in [0.29, 0.717) is 5.69 Å². The van der Waals surface area contributed by atoms with Crippen LogP contribution in [0.5, 0.6) is 0 Å². The molecule has 0 bridgehead atoms. The van der Waals surface area contributed by atoms with Crippen molar-refractivity contribution < 1.29 is 14.3 Å². The Bertz CT molecular complexity index is 1010. The number of aromatic nitrogens is 1. The number of ether oxygens (including phenoxy) is 1. The quantitative estimate of drug-likeness (QED) is 0.457. The van der Waals surface area contributed by atoms with Gasteiger partial charge in [0, 0.05) is 11.3 Å². The lowest BCUT2D eigenvalue weighted by atomic mass is 10.0. The molecule has 0 aliphatic rings. The van der Waals surface area contributed by atoms with Gasteiger partial charge in [-0.05, 0) is 30.7 Å². The highest BCUT2D eigenvalue weighted by Gasteiger charge is 2.22. The van der Waals surface area contributed by atoms with Crippen LogP contribution in [-0.4, -0.2) is 23.0 Å². The Morgan fingerprint density at radius 3 is 2.39 bits per heavy atom. The molecule has 5 nitrogen and oxygen atoms in total. The zero-order valence-electron chi connectivity index (χ0n) is 14.9. The second kappa shape index (κ2) is 8.87. The Hall–Kier alpha value is -2.89. The molecule has 1 atom stereocenters. The first-order valence-electron chi connectivity index (χ1n) is 8.44. The number of benzene rings is 2. The minimum Gasteiger partial charge on any atom is -0.448 e. The molecule has 1 aromatic heterocycles. The van der Waals surface area contributed by atoms with Crippen LogP contribution in [0.2, 0.25) is 10.2 Å². The molecule has 0 aliphatic carbocycles. The van der Waals surface area contributed by atoms with E-state index in [1.807, 2.05) is 48.5 Å². The number of nitrogens with zero attached hydrogens (tertiary/aromatic N) is 1. The molecule has 7 heteroatoms. The summed E-state index contributed by atoms with van der Waals surface area (Å²) in [4.78, 5) is 28.7. The summed E-state index contributed by atoms with van der Waals surface area (Å²) < 4.78 is 5.20. The van der Waals surface area contributed by atoms with Crippen LogP contribution in [-0.2, 0) is 9.53 Å². The van der Waals surface area contributed by atoms with Crippen molar-refractivity contribution in [2.75, 3.05) is 5.32 Å². The van der Waals surface area contributed by atoms with E-state index < -0.39 is 18.0 Å². The molecular formula is C21H16Cl2N2O3. The molecule has 1 amide bonds. The van der Waals surface area contributed by atoms with Crippen LogP contribution in [0, 0.1) is 0 Å². The molecular weight excluding hydrogens is 399 g/mol. The Morgan fingerprint density at radius 2 is 1.64 bits per heavy atom. The summed E-state index contributed by atoms with van der Waals surface area (Å²) >= 11 is 11.7. The van der Waals surface area contributed by atoms with Crippen molar-refractivity contribution in [3.05, 3.63) is 82.6 Å². The molecule has 2 aromatic carbocycles. The van der Waals surface area contributed by atoms with Crippen molar-refractivity contribution in [2.24, 2.45) is 0 Å². The molecule has 0 aliphatic heterocycles. The SMILES string of the molecule is C[C@@H](OC(=O)c1nc(Cl)ccc1Cl)C(=O)Nc1ccccc1-c1ccccc1. The van der Waals surface area contributed by atoms with Gasteiger partial charge in [-0.1, -0.05) is 71.7 Å². The van der Waals surface area contributed by atoms with Crippen molar-refractivity contribution >= 4 is 40.8 Å². The summed E-state index contributed by atoms with van der Waals surface area (Å²) in [7, 11) is 0. The molecule has 0 saturated carbocycles. The van der Waals surface area contributed by atoms with Crippen LogP contribution >= 0.6 is 23.2 Å². The monoisotopic (exact) mass is 414 g/mol. The number of halogens is 2. The van der Waals surface area contributed by atoms with Crippen LogP contribution in [0.3, 0.4) is 0 Å². The van der Waals surface area contributed by atoms with E-state index in [-0.39, 0.29) is 15.9 Å². The molecule has 1 heterocycles. The number of carbonyl (C=O) groups is 2. The van der Waals surface area contributed by atoms with Crippen LogP contribution < -0.4 is 5.32 Å². The van der Waals surface area contributed by atoms with Gasteiger partial charge in [0.25, 0.3) is 5.91 Å². The Balaban J connectivity index is 1.73. The Kier molecular flexibility index (Phi) is 6.29. The fraction of sp³-hybridized carbons (Fsp3) is 0.0952. The Morgan fingerprint density at radius 1 is 0.964 bits per heavy atom. The van der Waals surface area contributed by atoms with Crippen molar-refractivity contribution in [1.29, 1.82) is 0 Å². The summed E-state index contributed by atoms with van der Waals surface area (Å²) in [6.45, 7) is 1.47. The number of anilines is 1. The third kappa shape index (κ3) is 4.68. The van der Waals surface area contributed by atoms with Gasteiger partial charge in [0.2, 0.25) is 0 Å². The number of para-hydroxylation sites is 1. The lowest BCUT2D eigenvalue weighted by Gasteiger charge is -2.16. The molecule has 0 fully saturated rings. The number of carbonyl (C=O) groups excluding carboxylic acids is 2. The molecule has 0 radical (unpaired) electrons. The van der Waals surface area contributed by atoms with Gasteiger partial charge in [-0.15, -0.1) is 0 Å². The fourth-order valence-corrected chi connectivity index (χ4v) is 2.86. The van der Waals surface area contributed by atoms with Gasteiger partial charge in [-0.3, -0.25) is 4.79 Å². The topological polar surface area (TPSA) is 68.3 Å². The highest BCUT2D eigenvalue weighted by Crippen LogP contribution is 2.27. The van der Waals surface area contributed by atoms with E-state index in [9.17, 15) is 9.59 Å². The number of rotatable bonds is 5. The first-order chi connectivity index (χ1) is 13.5. The van der Waals surface area contributed by atoms with Gasteiger partial charge in [0.05, 0.1) is 5.02 Å². The van der Waals surface area contributed by atoms with Crippen LogP contribution in [0.4, 0.5) is 5.69 Å². The van der Waals surface area contributed by atoms with Crippen LogP contribution in [0.25, 0.3) is 11.1 Å². The van der Waals surface area contributed by atoms with Gasteiger partial charge in [0.15, 0.2) is 11.8 Å². The maximum absolute atomic E-state index is 12.5. The summed E-state index contributed by atoms with van der Waals surface area (Å²) in [5, 5.41) is 2.99. The third-order valence-electron chi connectivity index (χ3n) is 3.93. The Labute approximate surface area is 172 Å². The van der Waals surface area contributed by atoms with Crippen molar-refractivity contribution in [1.82, 2.24) is 4.98 Å². The lowest BCUT2D eigenvalue weighted by molar-refractivity contribution is -0.123. The second-order valence-electron chi connectivity index (χ2n) is 5.91. The summed E-state index contributed by atoms with van der Waals surface area (Å²) in [6.07, 6.45) is -1.06. The average Bonchev–Trinajstić information content (AvgIpc) is 2.70. The van der Waals surface area contributed by atoms with E-state index >= 15 is 0 Å². The van der Waals surface area contributed by atoms with E-state index in [1.54, 1.807) is 6.07 Å². The third-order valence-corrected chi connectivity index (χ3v) is 4.44. The standard InChI is InChI=1S/C21H16Cl2N2O3/c1-13(28-21(27)19-16(22)11-12-18(23)25-19)20(26)24-17-10-6-5-9-15(17)14-7-3-2-4-8-14/h2-13H,1H3,(H,24,26)/t13-/m1/s1. The number of hydrogen-bond acceptors (Lipinski definition) is 4. The van der Waals surface area contributed by atoms with Gasteiger partial charge in [-0.2, -0.15) is 0 Å². The minimum atomic E-state index is -1.06. The smallest absolute Gasteiger partial charge is 0.359 e. The fourth-order valence-electron chi connectivity index (χ4n) is 2.53. The number of pyridine rings is 1. The molecule has 0 saturated heterocycles. The van der Waals surface area contributed by atoms with Gasteiger partial charge >= 0.3 is 5.97 Å². The molecule has 0 spiro atoms. The van der Waals surface area contributed by atoms with Gasteiger partial charge < -0.3 is 10.1 Å². The number of esters is 1. The summed E-state index contributed by atoms with van der Waals surface area (Å²) in [6, 6.07) is 19.9. The minimum absolute atomic E-state index is 0.0939. The average molecular weight is 415 g/mol. The number of hydrogen-bond donors (Lipinski definition) is 1. The maximum Gasteiger partial charge on any atom is 0.359 e. The normalized spacial score (nSPS) is 11.5. The molecule has 3 rings (SSSR count). The summed E-state index contributed by atoms with van der Waals surface area (Å²) in [5.74, 6) is -1.30. The predicted octanol–water partition coefficient (Wildman–Crippen LogP) is 5.24. The zero-order valence-corrected chi connectivity index (χ0v) is 16.4. The van der Waals surface area contributed by atoms with Crippen LogP contribution in [0.15, 0.2) is 66.7 Å². The highest BCUT2D eigenvalue weighted by atomic mass is 35.5. The highest BCUT2D eigenvalue weighted by molar-refractivity contribution is 6.34. The predicted molar refractivity (Wildman–Crippen MR) is 110 cm³/mol. The van der Waals surface area contributed by atoms with Crippen molar-refractivity contribution in [3.63, 3.8) is 0 Å². The molecule has 3 aromatic rings. The molecule has 0 unspecified atom stereocenters. The molecule has 1 N–H and O–H groups in total.